The molecule has 0 saturated carbocycles. The van der Waals surface area contributed by atoms with E-state index in [1.54, 1.807) is 0 Å². The van der Waals surface area contributed by atoms with Crippen LogP contribution in [0, 0.1) is 5.92 Å². The normalized spacial score (nSPS) is 16.3. The third-order valence-corrected chi connectivity index (χ3v) is 5.51. The summed E-state index contributed by atoms with van der Waals surface area (Å²) < 4.78 is 11.6. The molecule has 162 valence electrons. The maximum atomic E-state index is 12.8. The lowest BCUT2D eigenvalue weighted by Crippen LogP contribution is -2.36. The molecule has 0 fully saturated rings. The molecule has 1 aliphatic heterocycles. The second-order valence-electron chi connectivity index (χ2n) is 7.98. The standard InChI is InChI=1S/C25H34N2O3/c1-4-13-29-15-12-27-18-21-17-24(10-9-20(21)16-19(3)25(27)28)30-14-11-23-8-6-7-22(5-2)26-23/h6-10,17,19H,4-5,11-16,18H2,1-3H3/t19-/m1/s1. The van der Waals surface area contributed by atoms with Crippen LogP contribution in [-0.4, -0.2) is 42.2 Å². The number of aromatic nitrogens is 1. The summed E-state index contributed by atoms with van der Waals surface area (Å²) in [5.41, 5.74) is 4.57. The highest BCUT2D eigenvalue weighted by atomic mass is 16.5. The molecule has 5 heteroatoms. The maximum Gasteiger partial charge on any atom is 0.226 e. The fourth-order valence-corrected chi connectivity index (χ4v) is 3.80. The van der Waals surface area contributed by atoms with Crippen LogP contribution < -0.4 is 4.74 Å². The van der Waals surface area contributed by atoms with Crippen molar-refractivity contribution in [3.63, 3.8) is 0 Å². The van der Waals surface area contributed by atoms with E-state index in [0.29, 0.717) is 26.3 Å². The van der Waals surface area contributed by atoms with Gasteiger partial charge in [0.2, 0.25) is 5.91 Å². The number of fused-ring (bicyclic) bond motifs is 1. The van der Waals surface area contributed by atoms with Crippen LogP contribution in [0.3, 0.4) is 0 Å². The maximum absolute atomic E-state index is 12.8. The van der Waals surface area contributed by atoms with Crippen molar-refractivity contribution in [1.82, 2.24) is 9.88 Å². The Morgan fingerprint density at radius 1 is 1.07 bits per heavy atom. The quantitative estimate of drug-likeness (QED) is 0.551. The van der Waals surface area contributed by atoms with Gasteiger partial charge in [-0.25, -0.2) is 0 Å². The van der Waals surface area contributed by atoms with Crippen molar-refractivity contribution in [2.75, 3.05) is 26.4 Å². The summed E-state index contributed by atoms with van der Waals surface area (Å²) in [4.78, 5) is 19.3. The van der Waals surface area contributed by atoms with Crippen molar-refractivity contribution in [3.05, 3.63) is 58.9 Å². The molecule has 0 saturated heterocycles. The van der Waals surface area contributed by atoms with Gasteiger partial charge >= 0.3 is 0 Å². The van der Waals surface area contributed by atoms with Crippen LogP contribution in [0.5, 0.6) is 5.75 Å². The first-order chi connectivity index (χ1) is 14.6. The van der Waals surface area contributed by atoms with Crippen molar-refractivity contribution in [3.8, 4) is 5.75 Å². The van der Waals surface area contributed by atoms with E-state index >= 15 is 0 Å². The van der Waals surface area contributed by atoms with Gasteiger partial charge in [0.1, 0.15) is 5.75 Å². The molecule has 0 N–H and O–H groups in total. The van der Waals surface area contributed by atoms with Gasteiger partial charge in [-0.15, -0.1) is 0 Å². The van der Waals surface area contributed by atoms with E-state index in [1.165, 1.54) is 11.1 Å². The Balaban J connectivity index is 1.62. The van der Waals surface area contributed by atoms with Crippen molar-refractivity contribution in [2.45, 2.75) is 53.0 Å². The first-order valence-electron chi connectivity index (χ1n) is 11.2. The molecule has 0 radical (unpaired) electrons. The van der Waals surface area contributed by atoms with E-state index in [9.17, 15) is 4.79 Å². The van der Waals surface area contributed by atoms with Crippen LogP contribution in [0.25, 0.3) is 0 Å². The van der Waals surface area contributed by atoms with Gasteiger partial charge in [-0.2, -0.15) is 0 Å². The van der Waals surface area contributed by atoms with Crippen molar-refractivity contribution in [2.24, 2.45) is 5.92 Å². The Hall–Kier alpha value is -2.40. The van der Waals surface area contributed by atoms with Crippen LogP contribution in [0.4, 0.5) is 0 Å². The number of carbonyl (C=O) groups excluding carboxylic acids is 1. The molecule has 30 heavy (non-hydrogen) atoms. The number of aryl methyl sites for hydroxylation is 1. The number of rotatable bonds is 10. The summed E-state index contributed by atoms with van der Waals surface area (Å²) in [6.45, 7) is 9.38. The molecular weight excluding hydrogens is 376 g/mol. The highest BCUT2D eigenvalue weighted by molar-refractivity contribution is 5.79. The van der Waals surface area contributed by atoms with E-state index in [4.69, 9.17) is 9.47 Å². The molecule has 2 aromatic rings. The second-order valence-corrected chi connectivity index (χ2v) is 7.98. The molecule has 1 amide bonds. The average molecular weight is 411 g/mol. The number of hydrogen-bond donors (Lipinski definition) is 0. The number of pyridine rings is 1. The Labute approximate surface area is 180 Å². The van der Waals surface area contributed by atoms with Crippen LogP contribution in [-0.2, 0) is 35.3 Å². The van der Waals surface area contributed by atoms with Crippen LogP contribution in [0.2, 0.25) is 0 Å². The molecule has 2 heterocycles. The Morgan fingerprint density at radius 3 is 2.70 bits per heavy atom. The van der Waals surface area contributed by atoms with Gasteiger partial charge < -0.3 is 14.4 Å². The summed E-state index contributed by atoms with van der Waals surface area (Å²) in [6.07, 6.45) is 3.48. The highest BCUT2D eigenvalue weighted by Gasteiger charge is 2.26. The molecule has 1 aromatic carbocycles. The monoisotopic (exact) mass is 410 g/mol. The molecular formula is C25H34N2O3. The molecule has 0 bridgehead atoms. The van der Waals surface area contributed by atoms with Gasteiger partial charge in [0.15, 0.2) is 0 Å². The number of benzene rings is 1. The zero-order valence-corrected chi connectivity index (χ0v) is 18.5. The van der Waals surface area contributed by atoms with E-state index in [2.05, 4.69) is 43.1 Å². The summed E-state index contributed by atoms with van der Waals surface area (Å²) >= 11 is 0. The van der Waals surface area contributed by atoms with Gasteiger partial charge in [-0.1, -0.05) is 32.9 Å². The molecule has 1 atom stereocenters. The van der Waals surface area contributed by atoms with Crippen molar-refractivity contribution >= 4 is 5.91 Å². The predicted molar refractivity (Wildman–Crippen MR) is 119 cm³/mol. The highest BCUT2D eigenvalue weighted by Crippen LogP contribution is 2.26. The molecule has 1 aromatic heterocycles. The first-order valence-corrected chi connectivity index (χ1v) is 11.2. The lowest BCUT2D eigenvalue weighted by atomic mass is 9.98. The topological polar surface area (TPSA) is 51.7 Å². The number of hydrogen-bond acceptors (Lipinski definition) is 4. The molecule has 0 aliphatic carbocycles. The van der Waals surface area contributed by atoms with E-state index < -0.39 is 0 Å². The summed E-state index contributed by atoms with van der Waals surface area (Å²) in [5, 5.41) is 0. The van der Waals surface area contributed by atoms with Crippen LogP contribution >= 0.6 is 0 Å². The lowest BCUT2D eigenvalue weighted by molar-refractivity contribution is -0.136. The molecule has 1 aliphatic rings. The number of amides is 1. The smallest absolute Gasteiger partial charge is 0.226 e. The van der Waals surface area contributed by atoms with E-state index in [0.717, 1.165) is 49.4 Å². The van der Waals surface area contributed by atoms with Crippen LogP contribution in [0.15, 0.2) is 36.4 Å². The summed E-state index contributed by atoms with van der Waals surface area (Å²) in [7, 11) is 0. The zero-order valence-electron chi connectivity index (χ0n) is 18.5. The predicted octanol–water partition coefficient (Wildman–Crippen LogP) is 4.21. The van der Waals surface area contributed by atoms with Crippen molar-refractivity contribution in [1.29, 1.82) is 0 Å². The lowest BCUT2D eigenvalue weighted by Gasteiger charge is -2.23. The van der Waals surface area contributed by atoms with E-state index in [-0.39, 0.29) is 11.8 Å². The second kappa shape index (κ2) is 11.1. The minimum Gasteiger partial charge on any atom is -0.493 e. The number of nitrogens with zero attached hydrogens (tertiary/aromatic N) is 2. The first kappa shape index (κ1) is 22.3. The average Bonchev–Trinajstić information content (AvgIpc) is 2.87. The fourth-order valence-electron chi connectivity index (χ4n) is 3.80. The molecule has 5 nitrogen and oxygen atoms in total. The Morgan fingerprint density at radius 2 is 1.90 bits per heavy atom. The number of ether oxygens (including phenoxy) is 2. The third kappa shape index (κ3) is 6.05. The minimum absolute atomic E-state index is 0.0129. The molecule has 0 spiro atoms. The fraction of sp³-hybridized carbons (Fsp3) is 0.520. The van der Waals surface area contributed by atoms with Gasteiger partial charge in [0.25, 0.3) is 0 Å². The van der Waals surface area contributed by atoms with Crippen molar-refractivity contribution < 1.29 is 14.3 Å². The SMILES string of the molecule is CCCOCCN1Cc2cc(OCCc3cccc(CC)n3)ccc2C[C@@H](C)C1=O. The summed E-state index contributed by atoms with van der Waals surface area (Å²) in [5.74, 6) is 1.04. The number of carbonyl (C=O) groups is 1. The van der Waals surface area contributed by atoms with Gasteiger partial charge in [0, 0.05) is 43.4 Å². The van der Waals surface area contributed by atoms with Crippen LogP contribution in [0.1, 0.15) is 49.7 Å². The molecule has 3 rings (SSSR count). The Bertz CT molecular complexity index is 837. The van der Waals surface area contributed by atoms with Gasteiger partial charge in [0.05, 0.1) is 13.2 Å². The third-order valence-electron chi connectivity index (χ3n) is 5.51. The van der Waals surface area contributed by atoms with Gasteiger partial charge in [-0.05, 0) is 54.7 Å². The van der Waals surface area contributed by atoms with E-state index in [1.807, 2.05) is 24.0 Å². The zero-order chi connectivity index (χ0) is 21.3. The summed E-state index contributed by atoms with van der Waals surface area (Å²) in [6, 6.07) is 12.4. The minimum atomic E-state index is -0.0129. The largest absolute Gasteiger partial charge is 0.493 e. The Kier molecular flexibility index (Phi) is 8.26. The van der Waals surface area contributed by atoms with Gasteiger partial charge in [-0.3, -0.25) is 9.78 Å². The molecule has 0 unspecified atom stereocenters.